The largest absolute Gasteiger partial charge is 0.480 e. The maximum absolute atomic E-state index is 11.5. The van der Waals surface area contributed by atoms with Crippen LogP contribution in [0.15, 0.2) is 0 Å². The van der Waals surface area contributed by atoms with E-state index in [1.165, 1.54) is 0 Å². The fraction of sp³-hybridized carbons (Fsp3) is 0.833. The van der Waals surface area contributed by atoms with Gasteiger partial charge in [0.15, 0.2) is 0 Å². The number of aliphatic carboxylic acids is 1. The van der Waals surface area contributed by atoms with Crippen LogP contribution < -0.4 is 5.32 Å². The van der Waals surface area contributed by atoms with E-state index in [-0.39, 0.29) is 5.91 Å². The van der Waals surface area contributed by atoms with Crippen molar-refractivity contribution in [3.8, 4) is 0 Å². The highest BCUT2D eigenvalue weighted by atomic mass is 16.5. The lowest BCUT2D eigenvalue weighted by Crippen LogP contribution is -2.49. The van der Waals surface area contributed by atoms with Crippen molar-refractivity contribution < 1.29 is 19.4 Å². The quantitative estimate of drug-likeness (QED) is 0.665. The van der Waals surface area contributed by atoms with Gasteiger partial charge in [0.25, 0.3) is 0 Å². The van der Waals surface area contributed by atoms with Crippen molar-refractivity contribution in [3.63, 3.8) is 0 Å². The van der Waals surface area contributed by atoms with Crippen molar-refractivity contribution in [2.75, 3.05) is 13.2 Å². The number of ether oxygens (including phenoxy) is 1. The molecular weight excluding hydrogens is 222 g/mol. The summed E-state index contributed by atoms with van der Waals surface area (Å²) in [5.74, 6) is -1.25. The number of nitrogens with one attached hydrogen (secondary N) is 1. The van der Waals surface area contributed by atoms with Gasteiger partial charge in [0.05, 0.1) is 0 Å². The molecule has 2 N–H and O–H groups in total. The summed E-state index contributed by atoms with van der Waals surface area (Å²) in [6.45, 7) is 8.39. The van der Waals surface area contributed by atoms with Crippen LogP contribution in [0.3, 0.4) is 0 Å². The first-order valence-electron chi connectivity index (χ1n) is 5.89. The van der Waals surface area contributed by atoms with E-state index in [9.17, 15) is 9.59 Å². The van der Waals surface area contributed by atoms with Crippen molar-refractivity contribution in [2.24, 2.45) is 5.41 Å². The summed E-state index contributed by atoms with van der Waals surface area (Å²) in [5, 5.41) is 11.6. The maximum atomic E-state index is 11.5. The third kappa shape index (κ3) is 6.94. The standard InChI is InChI=1S/C12H23NO4/c1-5-17-8-6-7-9(14)13-10(11(15)16)12(2,3)4/h10H,5-8H2,1-4H3,(H,13,14)(H,15,16). The Bertz CT molecular complexity index is 258. The Morgan fingerprint density at radius 3 is 2.35 bits per heavy atom. The first-order valence-corrected chi connectivity index (χ1v) is 5.89. The van der Waals surface area contributed by atoms with E-state index in [1.807, 2.05) is 6.92 Å². The molecule has 0 aromatic heterocycles. The minimum absolute atomic E-state index is 0.243. The second kappa shape index (κ2) is 7.27. The fourth-order valence-electron chi connectivity index (χ4n) is 1.36. The van der Waals surface area contributed by atoms with Crippen molar-refractivity contribution in [3.05, 3.63) is 0 Å². The Morgan fingerprint density at radius 2 is 1.94 bits per heavy atom. The Hall–Kier alpha value is -1.10. The zero-order valence-electron chi connectivity index (χ0n) is 11.1. The Labute approximate surface area is 103 Å². The lowest BCUT2D eigenvalue weighted by Gasteiger charge is -2.27. The van der Waals surface area contributed by atoms with Crippen molar-refractivity contribution in [1.82, 2.24) is 5.32 Å². The Morgan fingerprint density at radius 1 is 1.35 bits per heavy atom. The van der Waals surface area contributed by atoms with E-state index in [1.54, 1.807) is 20.8 Å². The van der Waals surface area contributed by atoms with Gasteiger partial charge >= 0.3 is 5.97 Å². The summed E-state index contributed by atoms with van der Waals surface area (Å²) in [7, 11) is 0. The molecule has 0 aromatic carbocycles. The summed E-state index contributed by atoms with van der Waals surface area (Å²) in [6, 6.07) is -0.859. The third-order valence-electron chi connectivity index (χ3n) is 2.31. The van der Waals surface area contributed by atoms with Gasteiger partial charge in [0, 0.05) is 19.6 Å². The second-order valence-electron chi connectivity index (χ2n) is 5.01. The summed E-state index contributed by atoms with van der Waals surface area (Å²) < 4.78 is 5.11. The average molecular weight is 245 g/mol. The van der Waals surface area contributed by atoms with Crippen molar-refractivity contribution in [2.45, 2.75) is 46.6 Å². The van der Waals surface area contributed by atoms with E-state index >= 15 is 0 Å². The van der Waals surface area contributed by atoms with Gasteiger partial charge in [-0.3, -0.25) is 4.79 Å². The molecule has 0 saturated heterocycles. The zero-order valence-corrected chi connectivity index (χ0v) is 11.1. The summed E-state index contributed by atoms with van der Waals surface area (Å²) in [4.78, 5) is 22.6. The topological polar surface area (TPSA) is 75.6 Å². The smallest absolute Gasteiger partial charge is 0.326 e. The number of carboxylic acid groups (broad SMARTS) is 1. The van der Waals surface area contributed by atoms with Crippen LogP contribution in [-0.4, -0.2) is 36.2 Å². The monoisotopic (exact) mass is 245 g/mol. The van der Waals surface area contributed by atoms with Gasteiger partial charge in [-0.05, 0) is 18.8 Å². The van der Waals surface area contributed by atoms with Crippen LogP contribution in [-0.2, 0) is 14.3 Å². The van der Waals surface area contributed by atoms with Gasteiger partial charge in [-0.15, -0.1) is 0 Å². The molecular formula is C12H23NO4. The Kier molecular flexibility index (Phi) is 6.80. The molecule has 5 heteroatoms. The molecule has 0 radical (unpaired) electrons. The molecule has 0 aliphatic carbocycles. The molecule has 1 atom stereocenters. The lowest BCUT2D eigenvalue weighted by molar-refractivity contribution is -0.145. The molecule has 0 heterocycles. The Balaban J connectivity index is 4.11. The molecule has 0 rings (SSSR count). The molecule has 17 heavy (non-hydrogen) atoms. The van der Waals surface area contributed by atoms with Gasteiger partial charge in [0.1, 0.15) is 6.04 Å². The second-order valence-corrected chi connectivity index (χ2v) is 5.01. The number of hydrogen-bond acceptors (Lipinski definition) is 3. The van der Waals surface area contributed by atoms with Crippen LogP contribution >= 0.6 is 0 Å². The van der Waals surface area contributed by atoms with E-state index in [0.29, 0.717) is 26.1 Å². The van der Waals surface area contributed by atoms with Gasteiger partial charge in [-0.2, -0.15) is 0 Å². The molecule has 0 aliphatic rings. The highest BCUT2D eigenvalue weighted by Gasteiger charge is 2.32. The number of amides is 1. The molecule has 0 saturated carbocycles. The van der Waals surface area contributed by atoms with Crippen LogP contribution in [0, 0.1) is 5.41 Å². The van der Waals surface area contributed by atoms with Crippen molar-refractivity contribution in [1.29, 1.82) is 0 Å². The van der Waals surface area contributed by atoms with Gasteiger partial charge < -0.3 is 15.2 Å². The fourth-order valence-corrected chi connectivity index (χ4v) is 1.36. The molecule has 0 spiro atoms. The first kappa shape index (κ1) is 15.9. The molecule has 0 bridgehead atoms. The predicted molar refractivity (Wildman–Crippen MR) is 64.7 cm³/mol. The first-order chi connectivity index (χ1) is 7.79. The molecule has 0 aliphatic heterocycles. The number of carboxylic acids is 1. The van der Waals surface area contributed by atoms with Gasteiger partial charge in [0.2, 0.25) is 5.91 Å². The van der Waals surface area contributed by atoms with Crippen LogP contribution in [0.2, 0.25) is 0 Å². The number of rotatable bonds is 7. The molecule has 100 valence electrons. The number of hydrogen-bond donors (Lipinski definition) is 2. The maximum Gasteiger partial charge on any atom is 0.326 e. The number of carbonyl (C=O) groups excluding carboxylic acids is 1. The van der Waals surface area contributed by atoms with E-state index in [2.05, 4.69) is 5.32 Å². The van der Waals surface area contributed by atoms with E-state index < -0.39 is 17.4 Å². The summed E-state index contributed by atoms with van der Waals surface area (Å²) >= 11 is 0. The van der Waals surface area contributed by atoms with E-state index in [0.717, 1.165) is 0 Å². The SMILES string of the molecule is CCOCCCC(=O)NC(C(=O)O)C(C)(C)C. The minimum Gasteiger partial charge on any atom is -0.480 e. The average Bonchev–Trinajstić information content (AvgIpc) is 2.19. The normalized spacial score (nSPS) is 13.2. The summed E-state index contributed by atoms with van der Waals surface area (Å²) in [5.41, 5.74) is -0.499. The minimum atomic E-state index is -1.00. The molecule has 1 amide bonds. The van der Waals surface area contributed by atoms with Crippen LogP contribution in [0.4, 0.5) is 0 Å². The van der Waals surface area contributed by atoms with Gasteiger partial charge in [-0.25, -0.2) is 4.79 Å². The van der Waals surface area contributed by atoms with Crippen LogP contribution in [0.25, 0.3) is 0 Å². The molecule has 0 aromatic rings. The van der Waals surface area contributed by atoms with E-state index in [4.69, 9.17) is 9.84 Å². The number of carbonyl (C=O) groups is 2. The molecule has 1 unspecified atom stereocenters. The molecule has 5 nitrogen and oxygen atoms in total. The van der Waals surface area contributed by atoms with Gasteiger partial charge in [-0.1, -0.05) is 20.8 Å². The van der Waals surface area contributed by atoms with Crippen LogP contribution in [0.1, 0.15) is 40.5 Å². The van der Waals surface area contributed by atoms with Crippen LogP contribution in [0.5, 0.6) is 0 Å². The zero-order chi connectivity index (χ0) is 13.5. The molecule has 0 fully saturated rings. The van der Waals surface area contributed by atoms with Crippen molar-refractivity contribution >= 4 is 11.9 Å². The third-order valence-corrected chi connectivity index (χ3v) is 2.31. The highest BCUT2D eigenvalue weighted by Crippen LogP contribution is 2.19. The summed E-state index contributed by atoms with van der Waals surface area (Å²) in [6.07, 6.45) is 0.899. The lowest BCUT2D eigenvalue weighted by atomic mass is 9.86. The highest BCUT2D eigenvalue weighted by molar-refractivity contribution is 5.84. The predicted octanol–water partition coefficient (Wildman–Crippen LogP) is 1.42.